The first-order chi connectivity index (χ1) is 10.7. The lowest BCUT2D eigenvalue weighted by Crippen LogP contribution is -2.38. The number of hydrogen-bond acceptors (Lipinski definition) is 3. The van der Waals surface area contributed by atoms with Gasteiger partial charge in [-0.05, 0) is 37.5 Å². The molecule has 3 N–H and O–H groups in total. The van der Waals surface area contributed by atoms with Crippen molar-refractivity contribution < 1.29 is 9.84 Å². The standard InChI is InChI=1S/C17H29N3O2/c1-4-6-7-11-19-17(18-5-2)20-12-10-14-8-9-15(21)16(13-14)22-3/h8-9,13,21H,4-7,10-12H2,1-3H3,(H2,18,19,20). The first-order valence-corrected chi connectivity index (χ1v) is 8.09. The summed E-state index contributed by atoms with van der Waals surface area (Å²) in [6, 6.07) is 5.44. The number of aromatic hydroxyl groups is 1. The molecule has 1 rings (SSSR count). The van der Waals surface area contributed by atoms with E-state index in [1.54, 1.807) is 13.2 Å². The summed E-state index contributed by atoms with van der Waals surface area (Å²) in [7, 11) is 1.56. The first-order valence-electron chi connectivity index (χ1n) is 8.09. The van der Waals surface area contributed by atoms with Crippen molar-refractivity contribution in [3.05, 3.63) is 23.8 Å². The van der Waals surface area contributed by atoms with Crippen molar-refractivity contribution in [2.24, 2.45) is 4.99 Å². The molecule has 0 unspecified atom stereocenters. The van der Waals surface area contributed by atoms with Crippen LogP contribution >= 0.6 is 0 Å². The van der Waals surface area contributed by atoms with E-state index in [0.717, 1.165) is 44.0 Å². The SMILES string of the molecule is CCCCCN=C(NCC)NCCc1ccc(O)c(OC)c1. The molecule has 0 atom stereocenters. The van der Waals surface area contributed by atoms with Gasteiger partial charge in [-0.2, -0.15) is 0 Å². The quantitative estimate of drug-likeness (QED) is 0.373. The van der Waals surface area contributed by atoms with Gasteiger partial charge in [-0.25, -0.2) is 0 Å². The number of guanidine groups is 1. The highest BCUT2D eigenvalue weighted by Crippen LogP contribution is 2.26. The Morgan fingerprint density at radius 2 is 2.05 bits per heavy atom. The highest BCUT2D eigenvalue weighted by molar-refractivity contribution is 5.79. The molecule has 5 heteroatoms. The van der Waals surface area contributed by atoms with Gasteiger partial charge in [0.2, 0.25) is 0 Å². The van der Waals surface area contributed by atoms with Crippen molar-refractivity contribution in [2.75, 3.05) is 26.7 Å². The number of aliphatic imine (C=N–C) groups is 1. The van der Waals surface area contributed by atoms with Crippen LogP contribution in [0.25, 0.3) is 0 Å². The summed E-state index contributed by atoms with van der Waals surface area (Å²) in [5, 5.41) is 16.2. The lowest BCUT2D eigenvalue weighted by molar-refractivity contribution is 0.373. The topological polar surface area (TPSA) is 65.9 Å². The van der Waals surface area contributed by atoms with Gasteiger partial charge in [0, 0.05) is 19.6 Å². The molecule has 0 aliphatic rings. The van der Waals surface area contributed by atoms with Gasteiger partial charge >= 0.3 is 0 Å². The second-order valence-electron chi connectivity index (χ2n) is 5.15. The number of unbranched alkanes of at least 4 members (excludes halogenated alkanes) is 2. The van der Waals surface area contributed by atoms with Crippen LogP contribution < -0.4 is 15.4 Å². The molecule has 22 heavy (non-hydrogen) atoms. The van der Waals surface area contributed by atoms with Crippen molar-refractivity contribution in [1.82, 2.24) is 10.6 Å². The number of benzene rings is 1. The van der Waals surface area contributed by atoms with Crippen LogP contribution in [0.3, 0.4) is 0 Å². The Kier molecular flexibility index (Phi) is 8.88. The number of phenols is 1. The van der Waals surface area contributed by atoms with Gasteiger partial charge in [-0.15, -0.1) is 0 Å². The van der Waals surface area contributed by atoms with E-state index in [9.17, 15) is 5.11 Å². The molecule has 0 amide bonds. The van der Waals surface area contributed by atoms with Crippen LogP contribution in [0.2, 0.25) is 0 Å². The number of nitrogens with one attached hydrogen (secondary N) is 2. The Hall–Kier alpha value is -1.91. The normalized spacial score (nSPS) is 11.3. The molecule has 0 aromatic heterocycles. The molecule has 0 aliphatic carbocycles. The second-order valence-corrected chi connectivity index (χ2v) is 5.15. The van der Waals surface area contributed by atoms with Crippen molar-refractivity contribution in [2.45, 2.75) is 39.5 Å². The van der Waals surface area contributed by atoms with Gasteiger partial charge in [0.25, 0.3) is 0 Å². The molecule has 0 bridgehead atoms. The third kappa shape index (κ3) is 6.70. The molecule has 0 heterocycles. The van der Waals surface area contributed by atoms with E-state index in [0.29, 0.717) is 5.75 Å². The average Bonchev–Trinajstić information content (AvgIpc) is 2.53. The smallest absolute Gasteiger partial charge is 0.191 e. The summed E-state index contributed by atoms with van der Waals surface area (Å²) in [5.41, 5.74) is 1.11. The summed E-state index contributed by atoms with van der Waals surface area (Å²) >= 11 is 0. The molecule has 0 saturated carbocycles. The predicted octanol–water partition coefficient (Wildman–Crippen LogP) is 2.69. The van der Waals surface area contributed by atoms with Crippen molar-refractivity contribution in [3.8, 4) is 11.5 Å². The molecule has 1 aromatic rings. The Morgan fingerprint density at radius 3 is 2.73 bits per heavy atom. The maximum atomic E-state index is 9.59. The highest BCUT2D eigenvalue weighted by atomic mass is 16.5. The van der Waals surface area contributed by atoms with Crippen LogP contribution in [-0.2, 0) is 6.42 Å². The summed E-state index contributed by atoms with van der Waals surface area (Å²) < 4.78 is 5.12. The van der Waals surface area contributed by atoms with Gasteiger partial charge < -0.3 is 20.5 Å². The van der Waals surface area contributed by atoms with E-state index in [1.807, 2.05) is 12.1 Å². The number of hydrogen-bond donors (Lipinski definition) is 3. The molecule has 0 fully saturated rings. The van der Waals surface area contributed by atoms with Crippen molar-refractivity contribution in [3.63, 3.8) is 0 Å². The van der Waals surface area contributed by atoms with Crippen LogP contribution in [-0.4, -0.2) is 37.8 Å². The maximum absolute atomic E-state index is 9.59. The Morgan fingerprint density at radius 1 is 1.23 bits per heavy atom. The zero-order valence-corrected chi connectivity index (χ0v) is 14.0. The van der Waals surface area contributed by atoms with Gasteiger partial charge in [0.15, 0.2) is 17.5 Å². The zero-order valence-electron chi connectivity index (χ0n) is 14.0. The fourth-order valence-corrected chi connectivity index (χ4v) is 2.10. The van der Waals surface area contributed by atoms with Crippen LogP contribution in [0.1, 0.15) is 38.7 Å². The van der Waals surface area contributed by atoms with Crippen molar-refractivity contribution in [1.29, 1.82) is 0 Å². The predicted molar refractivity (Wildman–Crippen MR) is 91.9 cm³/mol. The Bertz CT molecular complexity index is 461. The molecule has 124 valence electrons. The lowest BCUT2D eigenvalue weighted by atomic mass is 10.1. The van der Waals surface area contributed by atoms with Gasteiger partial charge in [-0.3, -0.25) is 4.99 Å². The molecule has 0 radical (unpaired) electrons. The number of ether oxygens (including phenoxy) is 1. The molecular weight excluding hydrogens is 278 g/mol. The highest BCUT2D eigenvalue weighted by Gasteiger charge is 2.03. The molecule has 0 spiro atoms. The molecule has 0 saturated heterocycles. The fraction of sp³-hybridized carbons (Fsp3) is 0.588. The number of rotatable bonds is 9. The fourth-order valence-electron chi connectivity index (χ4n) is 2.10. The Balaban J connectivity index is 2.44. The van der Waals surface area contributed by atoms with Crippen LogP contribution in [0.4, 0.5) is 0 Å². The summed E-state index contributed by atoms with van der Waals surface area (Å²) in [4.78, 5) is 4.56. The van der Waals surface area contributed by atoms with E-state index >= 15 is 0 Å². The van der Waals surface area contributed by atoms with E-state index in [1.165, 1.54) is 12.8 Å². The maximum Gasteiger partial charge on any atom is 0.191 e. The third-order valence-electron chi connectivity index (χ3n) is 3.33. The molecule has 1 aromatic carbocycles. The minimum absolute atomic E-state index is 0.171. The molecular formula is C17H29N3O2. The minimum atomic E-state index is 0.171. The van der Waals surface area contributed by atoms with Gasteiger partial charge in [0.05, 0.1) is 7.11 Å². The first kappa shape index (κ1) is 18.1. The number of phenolic OH excluding ortho intramolecular Hbond substituents is 1. The van der Waals surface area contributed by atoms with Crippen molar-refractivity contribution >= 4 is 5.96 Å². The second kappa shape index (κ2) is 10.8. The number of methoxy groups -OCH3 is 1. The van der Waals surface area contributed by atoms with E-state index in [2.05, 4.69) is 29.5 Å². The Labute approximate surface area is 133 Å². The largest absolute Gasteiger partial charge is 0.504 e. The summed E-state index contributed by atoms with van der Waals surface area (Å²) in [6.45, 7) is 6.75. The summed E-state index contributed by atoms with van der Waals surface area (Å²) in [6.07, 6.45) is 4.40. The van der Waals surface area contributed by atoms with E-state index in [4.69, 9.17) is 4.74 Å². The molecule has 0 aliphatic heterocycles. The van der Waals surface area contributed by atoms with Crippen LogP contribution in [0.5, 0.6) is 11.5 Å². The summed E-state index contributed by atoms with van der Waals surface area (Å²) in [5.74, 6) is 1.55. The zero-order chi connectivity index (χ0) is 16.2. The lowest BCUT2D eigenvalue weighted by Gasteiger charge is -2.12. The van der Waals surface area contributed by atoms with E-state index < -0.39 is 0 Å². The number of nitrogens with zero attached hydrogens (tertiary/aromatic N) is 1. The average molecular weight is 307 g/mol. The van der Waals surface area contributed by atoms with Crippen LogP contribution in [0, 0.1) is 0 Å². The molecule has 5 nitrogen and oxygen atoms in total. The monoisotopic (exact) mass is 307 g/mol. The minimum Gasteiger partial charge on any atom is -0.504 e. The van der Waals surface area contributed by atoms with Gasteiger partial charge in [0.1, 0.15) is 0 Å². The van der Waals surface area contributed by atoms with Crippen LogP contribution in [0.15, 0.2) is 23.2 Å². The van der Waals surface area contributed by atoms with Gasteiger partial charge in [-0.1, -0.05) is 25.8 Å². The van der Waals surface area contributed by atoms with E-state index in [-0.39, 0.29) is 5.75 Å². The third-order valence-corrected chi connectivity index (χ3v) is 3.33.